The van der Waals surface area contributed by atoms with Crippen molar-refractivity contribution >= 4 is 23.2 Å². The van der Waals surface area contributed by atoms with Gasteiger partial charge in [0.2, 0.25) is 0 Å². The first-order valence-electron chi connectivity index (χ1n) is 20.7. The number of aromatic nitrogens is 4. The molecule has 338 valence electrons. The number of fused-ring (bicyclic) bond motifs is 1. The zero-order valence-electron chi connectivity index (χ0n) is 35.6. The van der Waals surface area contributed by atoms with Crippen molar-refractivity contribution in [3.8, 4) is 11.4 Å². The number of aliphatic hydroxyl groups excluding tert-OH is 1. The molecule has 0 unspecified atom stereocenters. The fourth-order valence-electron chi connectivity index (χ4n) is 6.24. The van der Waals surface area contributed by atoms with Crippen LogP contribution in [0.3, 0.4) is 0 Å². The summed E-state index contributed by atoms with van der Waals surface area (Å²) in [6.45, 7) is 9.47. The molecule has 1 aliphatic carbocycles. The lowest BCUT2D eigenvalue weighted by Crippen LogP contribution is -2.39. The normalized spacial score (nSPS) is 13.3. The van der Waals surface area contributed by atoms with Gasteiger partial charge in [-0.2, -0.15) is 0 Å². The summed E-state index contributed by atoms with van der Waals surface area (Å²) in [6, 6.07) is 7.25. The zero-order valence-corrected chi connectivity index (χ0v) is 35.6. The molecule has 0 aliphatic heterocycles. The van der Waals surface area contributed by atoms with Crippen molar-refractivity contribution < 1.29 is 57.6 Å². The molecule has 1 fully saturated rings. The topological polar surface area (TPSA) is 202 Å². The van der Waals surface area contributed by atoms with Gasteiger partial charge < -0.3 is 57.4 Å². The lowest BCUT2D eigenvalue weighted by Gasteiger charge is -2.22. The number of ether oxygens (including phenoxy) is 9. The monoisotopic (exact) mass is 850 g/mol. The van der Waals surface area contributed by atoms with Crippen molar-refractivity contribution in [1.29, 1.82) is 0 Å². The smallest absolute Gasteiger partial charge is 0.332 e. The number of imidazole rings is 1. The Morgan fingerprint density at radius 1 is 0.683 bits per heavy atom. The quantitative estimate of drug-likeness (QED) is 0.0706. The van der Waals surface area contributed by atoms with Gasteiger partial charge in [0.25, 0.3) is 5.56 Å². The van der Waals surface area contributed by atoms with Gasteiger partial charge in [-0.3, -0.25) is 13.9 Å². The summed E-state index contributed by atoms with van der Waals surface area (Å²) < 4.78 is 52.0. The molecule has 4 rings (SSSR count). The molecule has 1 aliphatic rings. The standard InChI is InChI=1S/C23H26N4O4.C19H40O10/c1-25-19-21(24-20(25)17-11-8-15(9-12-17)10-13-18(28)29)27(23(31)26(2)22(19)30)14-16-6-4-3-5-7-16;1-21-4-5-23-8-9-25-12-13-27-16-17-29-19-18-28-15-14-26-11-10-24-7-6-22-3-2-20/h8-13,16H,3-7,14H2,1-2H3,(H,28,29);20H,2-19H2,1H3/b13-10+;. The molecule has 0 spiro atoms. The molecule has 0 bridgehead atoms. The van der Waals surface area contributed by atoms with Crippen molar-refractivity contribution in [2.24, 2.45) is 20.0 Å². The first-order valence-corrected chi connectivity index (χ1v) is 20.7. The average molecular weight is 851 g/mol. The van der Waals surface area contributed by atoms with Crippen LogP contribution in [0.15, 0.2) is 39.9 Å². The Morgan fingerprint density at radius 2 is 1.13 bits per heavy atom. The fourth-order valence-corrected chi connectivity index (χ4v) is 6.24. The summed E-state index contributed by atoms with van der Waals surface area (Å²) in [5.74, 6) is -0.00650. The molecule has 2 heterocycles. The van der Waals surface area contributed by atoms with Gasteiger partial charge in [-0.25, -0.2) is 14.6 Å². The number of aliphatic carboxylic acids is 1. The van der Waals surface area contributed by atoms with Crippen molar-refractivity contribution in [3.63, 3.8) is 0 Å². The van der Waals surface area contributed by atoms with Crippen LogP contribution in [0.1, 0.15) is 37.7 Å². The highest BCUT2D eigenvalue weighted by Crippen LogP contribution is 2.27. The summed E-state index contributed by atoms with van der Waals surface area (Å²) in [4.78, 5) is 41.2. The highest BCUT2D eigenvalue weighted by Gasteiger charge is 2.22. The predicted octanol–water partition coefficient (Wildman–Crippen LogP) is 2.54. The number of methoxy groups -OCH3 is 1. The lowest BCUT2D eigenvalue weighted by atomic mass is 9.89. The van der Waals surface area contributed by atoms with Gasteiger partial charge in [-0.1, -0.05) is 43.5 Å². The first kappa shape index (κ1) is 50.5. The Morgan fingerprint density at radius 3 is 1.57 bits per heavy atom. The minimum absolute atomic E-state index is 0.0322. The van der Waals surface area contributed by atoms with Crippen LogP contribution in [0.2, 0.25) is 0 Å². The number of hydrogen-bond acceptors (Lipinski definition) is 14. The summed E-state index contributed by atoms with van der Waals surface area (Å²) in [5, 5.41) is 17.3. The predicted molar refractivity (Wildman–Crippen MR) is 224 cm³/mol. The van der Waals surface area contributed by atoms with E-state index in [-0.39, 0.29) is 17.9 Å². The summed E-state index contributed by atoms with van der Waals surface area (Å²) in [5.41, 5.74) is 1.66. The van der Waals surface area contributed by atoms with Gasteiger partial charge in [0.15, 0.2) is 11.2 Å². The Kier molecular flexibility index (Phi) is 26.2. The second-order valence-electron chi connectivity index (χ2n) is 13.8. The van der Waals surface area contributed by atoms with E-state index in [1.165, 1.54) is 32.4 Å². The van der Waals surface area contributed by atoms with Crippen LogP contribution in [0.5, 0.6) is 0 Å². The second-order valence-corrected chi connectivity index (χ2v) is 13.8. The Bertz CT molecular complexity index is 1730. The molecule has 0 atom stereocenters. The molecule has 18 heteroatoms. The molecular formula is C42H66N4O14. The maximum Gasteiger partial charge on any atom is 0.332 e. The summed E-state index contributed by atoms with van der Waals surface area (Å²) in [6.07, 6.45) is 8.34. The Labute approximate surface area is 351 Å². The highest BCUT2D eigenvalue weighted by molar-refractivity contribution is 5.85. The van der Waals surface area contributed by atoms with E-state index in [9.17, 15) is 14.4 Å². The Balaban J connectivity index is 0.000000322. The zero-order chi connectivity index (χ0) is 43.2. The highest BCUT2D eigenvalue weighted by atomic mass is 16.6. The number of carboxylic acid groups (broad SMARTS) is 1. The third-order valence-electron chi connectivity index (χ3n) is 9.38. The third kappa shape index (κ3) is 19.3. The van der Waals surface area contributed by atoms with Crippen LogP contribution in [-0.4, -0.2) is 161 Å². The molecule has 60 heavy (non-hydrogen) atoms. The number of nitrogens with zero attached hydrogens (tertiary/aromatic N) is 4. The van der Waals surface area contributed by atoms with E-state index in [1.807, 2.05) is 12.1 Å². The molecule has 18 nitrogen and oxygen atoms in total. The van der Waals surface area contributed by atoms with Gasteiger partial charge in [0, 0.05) is 39.4 Å². The molecule has 3 aromatic rings. The number of hydrogen-bond donors (Lipinski definition) is 2. The van der Waals surface area contributed by atoms with Crippen LogP contribution in [-0.2, 0) is 68.1 Å². The van der Waals surface area contributed by atoms with Crippen LogP contribution < -0.4 is 11.2 Å². The molecular weight excluding hydrogens is 784 g/mol. The van der Waals surface area contributed by atoms with E-state index in [2.05, 4.69) is 0 Å². The number of aliphatic hydroxyl groups is 1. The molecule has 0 radical (unpaired) electrons. The summed E-state index contributed by atoms with van der Waals surface area (Å²) >= 11 is 0. The number of aryl methyl sites for hydroxylation is 1. The molecule has 1 saturated carbocycles. The maximum atomic E-state index is 12.9. The fraction of sp³-hybridized carbons (Fsp3) is 0.667. The van der Waals surface area contributed by atoms with E-state index in [4.69, 9.17) is 57.8 Å². The first-order chi connectivity index (χ1) is 29.3. The molecule has 1 aromatic carbocycles. The van der Waals surface area contributed by atoms with E-state index in [0.717, 1.165) is 34.6 Å². The van der Waals surface area contributed by atoms with Gasteiger partial charge in [-0.15, -0.1) is 0 Å². The van der Waals surface area contributed by atoms with E-state index < -0.39 is 5.97 Å². The van der Waals surface area contributed by atoms with Gasteiger partial charge in [-0.05, 0) is 30.4 Å². The minimum atomic E-state index is -1.01. The number of benzene rings is 1. The van der Waals surface area contributed by atoms with E-state index in [0.29, 0.717) is 142 Å². The average Bonchev–Trinajstić information content (AvgIpc) is 3.60. The molecule has 2 N–H and O–H groups in total. The van der Waals surface area contributed by atoms with Crippen LogP contribution in [0, 0.1) is 5.92 Å². The number of rotatable bonds is 31. The van der Waals surface area contributed by atoms with Crippen LogP contribution in [0.4, 0.5) is 0 Å². The van der Waals surface area contributed by atoms with Crippen LogP contribution in [0.25, 0.3) is 28.6 Å². The largest absolute Gasteiger partial charge is 0.478 e. The maximum absolute atomic E-state index is 12.9. The SMILES string of the molecule is COCCOCCOCCOCCOCCOCCOCCOCCOCCO.Cn1c(=O)c2c(nc(-c3ccc(/C=C/C(=O)O)cc3)n2C)n(CC2CCCCC2)c1=O. The number of carbonyl (C=O) groups is 1. The summed E-state index contributed by atoms with van der Waals surface area (Å²) in [7, 11) is 4.93. The molecule has 2 aromatic heterocycles. The second kappa shape index (κ2) is 31.1. The molecule has 0 saturated heterocycles. The van der Waals surface area contributed by atoms with Crippen molar-refractivity contribution in [3.05, 3.63) is 56.7 Å². The van der Waals surface area contributed by atoms with Gasteiger partial charge >= 0.3 is 11.7 Å². The van der Waals surface area contributed by atoms with Gasteiger partial charge in [0.05, 0.1) is 119 Å². The lowest BCUT2D eigenvalue weighted by molar-refractivity contribution is -0.131. The van der Waals surface area contributed by atoms with Crippen molar-refractivity contribution in [2.75, 3.05) is 126 Å². The minimum Gasteiger partial charge on any atom is -0.478 e. The van der Waals surface area contributed by atoms with Crippen molar-refractivity contribution in [1.82, 2.24) is 18.7 Å². The van der Waals surface area contributed by atoms with E-state index in [1.54, 1.807) is 35.4 Å². The van der Waals surface area contributed by atoms with E-state index >= 15 is 0 Å². The van der Waals surface area contributed by atoms with Gasteiger partial charge in [0.1, 0.15) is 5.82 Å². The Hall–Kier alpha value is -3.82. The molecule has 0 amide bonds. The van der Waals surface area contributed by atoms with Crippen molar-refractivity contribution in [2.45, 2.75) is 38.6 Å². The number of carboxylic acids is 1. The third-order valence-corrected chi connectivity index (χ3v) is 9.38. The van der Waals surface area contributed by atoms with Crippen LogP contribution >= 0.6 is 0 Å².